The topological polar surface area (TPSA) is 88.6 Å². The van der Waals surface area contributed by atoms with Crippen LogP contribution in [0.1, 0.15) is 73.2 Å². The molecule has 1 aliphatic heterocycles. The van der Waals surface area contributed by atoms with Crippen molar-refractivity contribution in [3.63, 3.8) is 0 Å². The van der Waals surface area contributed by atoms with Gasteiger partial charge in [-0.1, -0.05) is 54.8 Å². The second-order valence-electron chi connectivity index (χ2n) is 9.90. The number of likely N-dealkylation sites (tertiary alicyclic amines) is 1. The first-order chi connectivity index (χ1) is 18.7. The summed E-state index contributed by atoms with van der Waals surface area (Å²) < 4.78 is 0. The summed E-state index contributed by atoms with van der Waals surface area (Å²) in [5.41, 5.74) is 4.00. The number of hydrogen-bond donors (Lipinski definition) is 1. The Labute approximate surface area is 238 Å². The molecule has 2 aliphatic rings. The van der Waals surface area contributed by atoms with Gasteiger partial charge in [0.2, 0.25) is 0 Å². The molecule has 1 saturated carbocycles. The summed E-state index contributed by atoms with van der Waals surface area (Å²) in [6, 6.07) is 12.6. The summed E-state index contributed by atoms with van der Waals surface area (Å²) in [5, 5.41) is 28.3. The Hall–Kier alpha value is -2.62. The highest BCUT2D eigenvalue weighted by molar-refractivity contribution is 7.98. The molecule has 2 fully saturated rings. The minimum atomic E-state index is 0.227. The molecule has 6 nitrogen and oxygen atoms in total. The van der Waals surface area contributed by atoms with Gasteiger partial charge in [0.15, 0.2) is 0 Å². The Morgan fingerprint density at radius 1 is 1.00 bits per heavy atom. The molecular weight excluding hydrogens is 532 g/mol. The maximum absolute atomic E-state index is 10.3. The van der Waals surface area contributed by atoms with Gasteiger partial charge in [0.1, 0.15) is 28.0 Å². The summed E-state index contributed by atoms with van der Waals surface area (Å²) in [7, 11) is 0. The fourth-order valence-electron chi connectivity index (χ4n) is 5.41. The van der Waals surface area contributed by atoms with Crippen molar-refractivity contribution in [2.24, 2.45) is 0 Å². The van der Waals surface area contributed by atoms with Crippen molar-refractivity contribution in [3.8, 4) is 22.7 Å². The third-order valence-electron chi connectivity index (χ3n) is 7.36. The molecule has 9 heteroatoms. The van der Waals surface area contributed by atoms with E-state index in [9.17, 15) is 10.5 Å². The quantitative estimate of drug-likeness (QED) is 0.271. The molecule has 0 unspecified atom stereocenters. The Bertz CT molecular complexity index is 1330. The number of pyridine rings is 1. The van der Waals surface area contributed by atoms with E-state index in [0.717, 1.165) is 73.7 Å². The predicted octanol–water partition coefficient (Wildman–Crippen LogP) is 7.45. The highest BCUT2D eigenvalue weighted by Gasteiger charge is 2.28. The number of nitrogens with one attached hydrogen (secondary N) is 1. The van der Waals surface area contributed by atoms with Crippen molar-refractivity contribution in [1.29, 1.82) is 10.5 Å². The molecule has 38 heavy (non-hydrogen) atoms. The van der Waals surface area contributed by atoms with Crippen molar-refractivity contribution in [2.75, 3.05) is 31.5 Å². The number of anilines is 1. The van der Waals surface area contributed by atoms with E-state index in [2.05, 4.69) is 27.7 Å². The Kier molecular flexibility index (Phi) is 9.19. The lowest BCUT2D eigenvalue weighted by Gasteiger charge is -2.26. The van der Waals surface area contributed by atoms with Crippen LogP contribution in [-0.2, 0) is 5.75 Å². The number of nitrogens with zero attached hydrogens (tertiary/aromatic N) is 5. The first kappa shape index (κ1) is 27.0. The van der Waals surface area contributed by atoms with E-state index in [1.54, 1.807) is 11.3 Å². The standard InChI is InChI=1S/C29H31ClN6S2/c30-22-10-8-21(9-11-22)28-34-23(18-37-28)19-38-29-25(17-32)26(20-6-2-1-3-7-20)24(16-31)27(35-29)33-12-15-36-13-4-5-14-36/h8-11,18,20H,1-7,12-15,19H2,(H,33,35). The van der Waals surface area contributed by atoms with Crippen LogP contribution in [0, 0.1) is 22.7 Å². The van der Waals surface area contributed by atoms with Gasteiger partial charge in [-0.15, -0.1) is 11.3 Å². The zero-order valence-electron chi connectivity index (χ0n) is 21.4. The van der Waals surface area contributed by atoms with E-state index in [1.165, 1.54) is 31.0 Å². The second kappa shape index (κ2) is 13.0. The fourth-order valence-corrected chi connectivity index (χ4v) is 7.36. The maximum Gasteiger partial charge on any atom is 0.145 e. The summed E-state index contributed by atoms with van der Waals surface area (Å²) >= 11 is 9.17. The molecule has 3 aromatic rings. The average Bonchev–Trinajstić information content (AvgIpc) is 3.65. The SMILES string of the molecule is N#Cc1c(NCCN2CCCC2)nc(SCc2csc(-c3ccc(Cl)cc3)n2)c(C#N)c1C1CCCCC1. The number of thioether (sulfide) groups is 1. The molecule has 2 aromatic heterocycles. The molecule has 3 heterocycles. The summed E-state index contributed by atoms with van der Waals surface area (Å²) in [4.78, 5) is 12.1. The molecule has 0 bridgehead atoms. The van der Waals surface area contributed by atoms with Gasteiger partial charge in [-0.2, -0.15) is 10.5 Å². The van der Waals surface area contributed by atoms with E-state index < -0.39 is 0 Å². The maximum atomic E-state index is 10.3. The summed E-state index contributed by atoms with van der Waals surface area (Å²) in [6.45, 7) is 3.93. The molecular formula is C29H31ClN6S2. The van der Waals surface area contributed by atoms with Gasteiger partial charge < -0.3 is 10.2 Å². The van der Waals surface area contributed by atoms with Gasteiger partial charge in [0.25, 0.3) is 0 Å². The smallest absolute Gasteiger partial charge is 0.145 e. The number of thiazole rings is 1. The van der Waals surface area contributed by atoms with Gasteiger partial charge in [-0.25, -0.2) is 9.97 Å². The van der Waals surface area contributed by atoms with Crippen LogP contribution in [-0.4, -0.2) is 41.0 Å². The van der Waals surface area contributed by atoms with Crippen molar-refractivity contribution < 1.29 is 0 Å². The number of benzene rings is 1. The van der Waals surface area contributed by atoms with Crippen molar-refractivity contribution in [1.82, 2.24) is 14.9 Å². The zero-order chi connectivity index (χ0) is 26.3. The molecule has 0 amide bonds. The van der Waals surface area contributed by atoms with Crippen LogP contribution in [0.5, 0.6) is 0 Å². The summed E-state index contributed by atoms with van der Waals surface area (Å²) in [5.74, 6) is 1.45. The van der Waals surface area contributed by atoms with Crippen LogP contribution < -0.4 is 5.32 Å². The lowest BCUT2D eigenvalue weighted by atomic mass is 9.80. The van der Waals surface area contributed by atoms with E-state index in [1.807, 2.05) is 24.3 Å². The molecule has 1 N–H and O–H groups in total. The normalized spacial score (nSPS) is 16.3. The van der Waals surface area contributed by atoms with E-state index in [0.29, 0.717) is 32.7 Å². The average molecular weight is 563 g/mol. The molecule has 196 valence electrons. The van der Waals surface area contributed by atoms with E-state index in [-0.39, 0.29) is 5.92 Å². The first-order valence-electron chi connectivity index (χ1n) is 13.3. The van der Waals surface area contributed by atoms with Crippen LogP contribution in [0.2, 0.25) is 5.02 Å². The number of rotatable bonds is 9. The lowest BCUT2D eigenvalue weighted by Crippen LogP contribution is -2.26. The number of nitriles is 2. The molecule has 0 atom stereocenters. The molecule has 1 aromatic carbocycles. The lowest BCUT2D eigenvalue weighted by molar-refractivity contribution is 0.352. The molecule has 0 radical (unpaired) electrons. The number of hydrogen-bond acceptors (Lipinski definition) is 8. The van der Waals surface area contributed by atoms with Gasteiger partial charge in [0, 0.05) is 34.8 Å². The van der Waals surface area contributed by atoms with Crippen LogP contribution in [0.25, 0.3) is 10.6 Å². The van der Waals surface area contributed by atoms with Gasteiger partial charge in [0.05, 0.1) is 16.8 Å². The van der Waals surface area contributed by atoms with Crippen LogP contribution in [0.4, 0.5) is 5.82 Å². The third-order valence-corrected chi connectivity index (χ3v) is 9.56. The Morgan fingerprint density at radius 2 is 1.74 bits per heavy atom. The third kappa shape index (κ3) is 6.33. The number of aromatic nitrogens is 2. The zero-order valence-corrected chi connectivity index (χ0v) is 23.8. The van der Waals surface area contributed by atoms with E-state index in [4.69, 9.17) is 21.6 Å². The Morgan fingerprint density at radius 3 is 2.45 bits per heavy atom. The minimum absolute atomic E-state index is 0.227. The second-order valence-corrected chi connectivity index (χ2v) is 12.2. The molecule has 1 aliphatic carbocycles. The van der Waals surface area contributed by atoms with Crippen molar-refractivity contribution >= 4 is 40.5 Å². The van der Waals surface area contributed by atoms with Crippen LogP contribution >= 0.6 is 34.7 Å². The molecule has 1 saturated heterocycles. The van der Waals surface area contributed by atoms with Crippen molar-refractivity contribution in [3.05, 3.63) is 57.1 Å². The molecule has 5 rings (SSSR count). The van der Waals surface area contributed by atoms with Gasteiger partial charge in [-0.05, 0) is 62.4 Å². The molecule has 0 spiro atoms. The predicted molar refractivity (Wildman–Crippen MR) is 156 cm³/mol. The highest BCUT2D eigenvalue weighted by atomic mass is 35.5. The fraction of sp³-hybridized carbons (Fsp3) is 0.448. The Balaban J connectivity index is 1.41. The largest absolute Gasteiger partial charge is 0.368 e. The van der Waals surface area contributed by atoms with Crippen LogP contribution in [0.15, 0.2) is 34.7 Å². The van der Waals surface area contributed by atoms with Gasteiger partial charge >= 0.3 is 0 Å². The van der Waals surface area contributed by atoms with E-state index >= 15 is 0 Å². The minimum Gasteiger partial charge on any atom is -0.368 e. The van der Waals surface area contributed by atoms with Crippen LogP contribution in [0.3, 0.4) is 0 Å². The number of halogens is 1. The first-order valence-corrected chi connectivity index (χ1v) is 15.6. The highest BCUT2D eigenvalue weighted by Crippen LogP contribution is 2.41. The van der Waals surface area contributed by atoms with Gasteiger partial charge in [-0.3, -0.25) is 0 Å². The monoisotopic (exact) mass is 562 g/mol. The summed E-state index contributed by atoms with van der Waals surface area (Å²) in [6.07, 6.45) is 8.02. The van der Waals surface area contributed by atoms with Crippen molar-refractivity contribution in [2.45, 2.75) is 61.6 Å².